The van der Waals surface area contributed by atoms with Crippen LogP contribution in [0.15, 0.2) is 18.2 Å². The quantitative estimate of drug-likeness (QED) is 0.837. The number of halogens is 1. The van der Waals surface area contributed by atoms with E-state index in [0.29, 0.717) is 6.04 Å². The first-order valence-corrected chi connectivity index (χ1v) is 8.17. The second kappa shape index (κ2) is 5.95. The van der Waals surface area contributed by atoms with Crippen molar-refractivity contribution in [3.05, 3.63) is 28.8 Å². The van der Waals surface area contributed by atoms with Gasteiger partial charge in [0.25, 0.3) is 0 Å². The average molecular weight is 294 g/mol. The summed E-state index contributed by atoms with van der Waals surface area (Å²) >= 11 is 6.49. The van der Waals surface area contributed by atoms with Gasteiger partial charge in [0, 0.05) is 11.1 Å². The second-order valence-corrected chi connectivity index (χ2v) is 6.71. The van der Waals surface area contributed by atoms with Gasteiger partial charge < -0.3 is 10.1 Å². The minimum absolute atomic E-state index is 0.404. The Kier molecular flexibility index (Phi) is 4.23. The van der Waals surface area contributed by atoms with Gasteiger partial charge in [-0.05, 0) is 67.7 Å². The number of ether oxygens (including phenoxy) is 1. The summed E-state index contributed by atoms with van der Waals surface area (Å²) in [5.41, 5.74) is 1.24. The smallest absolute Gasteiger partial charge is 0.120 e. The van der Waals surface area contributed by atoms with Crippen molar-refractivity contribution < 1.29 is 4.74 Å². The number of hydrogen-bond acceptors (Lipinski definition) is 2. The minimum atomic E-state index is 0.404. The predicted octanol–water partition coefficient (Wildman–Crippen LogP) is 4.44. The van der Waals surface area contributed by atoms with Crippen molar-refractivity contribution in [1.82, 2.24) is 5.32 Å². The molecule has 3 unspecified atom stereocenters. The first-order valence-electron chi connectivity index (χ1n) is 7.79. The highest BCUT2D eigenvalue weighted by molar-refractivity contribution is 6.31. The monoisotopic (exact) mass is 293 g/mol. The lowest BCUT2D eigenvalue weighted by Gasteiger charge is -2.27. The van der Waals surface area contributed by atoms with Crippen molar-refractivity contribution in [3.8, 4) is 5.75 Å². The molecular formula is C17H24ClNO. The zero-order chi connectivity index (χ0) is 14.1. The molecule has 2 fully saturated rings. The summed E-state index contributed by atoms with van der Waals surface area (Å²) in [6.07, 6.45) is 5.36. The molecule has 2 saturated carbocycles. The van der Waals surface area contributed by atoms with Crippen LogP contribution in [0.1, 0.15) is 44.2 Å². The Hall–Kier alpha value is -0.730. The van der Waals surface area contributed by atoms with E-state index in [9.17, 15) is 0 Å². The molecule has 110 valence electrons. The summed E-state index contributed by atoms with van der Waals surface area (Å²) in [5.74, 6) is 3.59. The van der Waals surface area contributed by atoms with Gasteiger partial charge in [0.2, 0.25) is 0 Å². The highest BCUT2D eigenvalue weighted by atomic mass is 35.5. The lowest BCUT2D eigenvalue weighted by Crippen LogP contribution is -2.28. The van der Waals surface area contributed by atoms with Crippen LogP contribution in [-0.2, 0) is 0 Å². The van der Waals surface area contributed by atoms with E-state index in [2.05, 4.69) is 18.3 Å². The number of rotatable bonds is 6. The average Bonchev–Trinajstić information content (AvgIpc) is 3.07. The topological polar surface area (TPSA) is 21.3 Å². The van der Waals surface area contributed by atoms with Gasteiger partial charge in [-0.2, -0.15) is 0 Å². The number of benzene rings is 1. The molecule has 3 rings (SSSR count). The van der Waals surface area contributed by atoms with Gasteiger partial charge in [-0.25, -0.2) is 0 Å². The van der Waals surface area contributed by atoms with E-state index < -0.39 is 0 Å². The van der Waals surface area contributed by atoms with Crippen LogP contribution in [0.3, 0.4) is 0 Å². The number of fused-ring (bicyclic) bond motifs is 1. The van der Waals surface area contributed by atoms with Crippen molar-refractivity contribution in [1.29, 1.82) is 0 Å². The SMILES string of the molecule is CCCNC(c1ccc(OC)cc1Cl)C1CC2CC2C1. The molecular weight excluding hydrogens is 270 g/mol. The number of hydrogen-bond donors (Lipinski definition) is 1. The van der Waals surface area contributed by atoms with Gasteiger partial charge in [-0.1, -0.05) is 24.6 Å². The molecule has 1 aromatic carbocycles. The summed E-state index contributed by atoms with van der Waals surface area (Å²) in [4.78, 5) is 0. The molecule has 0 saturated heterocycles. The third-order valence-corrected chi connectivity index (χ3v) is 5.24. The summed E-state index contributed by atoms with van der Waals surface area (Å²) in [5, 5.41) is 4.55. The van der Waals surface area contributed by atoms with Crippen molar-refractivity contribution in [2.75, 3.05) is 13.7 Å². The maximum atomic E-state index is 6.49. The third-order valence-electron chi connectivity index (χ3n) is 4.91. The van der Waals surface area contributed by atoms with Gasteiger partial charge in [0.1, 0.15) is 5.75 Å². The van der Waals surface area contributed by atoms with Crippen LogP contribution in [0.5, 0.6) is 5.75 Å². The zero-order valence-electron chi connectivity index (χ0n) is 12.4. The molecule has 0 heterocycles. The van der Waals surface area contributed by atoms with Gasteiger partial charge in [-0.15, -0.1) is 0 Å². The van der Waals surface area contributed by atoms with Crippen molar-refractivity contribution in [2.45, 2.75) is 38.6 Å². The fourth-order valence-corrected chi connectivity index (χ4v) is 4.04. The highest BCUT2D eigenvalue weighted by Crippen LogP contribution is 2.57. The van der Waals surface area contributed by atoms with Crippen molar-refractivity contribution >= 4 is 11.6 Å². The number of methoxy groups -OCH3 is 1. The van der Waals surface area contributed by atoms with Crippen LogP contribution in [0.25, 0.3) is 0 Å². The molecule has 0 amide bonds. The second-order valence-electron chi connectivity index (χ2n) is 6.31. The Balaban J connectivity index is 1.80. The molecule has 0 aliphatic heterocycles. The van der Waals surface area contributed by atoms with Gasteiger partial charge in [-0.3, -0.25) is 0 Å². The molecule has 1 aromatic rings. The first kappa shape index (κ1) is 14.2. The van der Waals surface area contributed by atoms with Crippen LogP contribution in [0.4, 0.5) is 0 Å². The Morgan fingerprint density at radius 2 is 2.05 bits per heavy atom. The number of nitrogens with one attached hydrogen (secondary N) is 1. The molecule has 20 heavy (non-hydrogen) atoms. The van der Waals surface area contributed by atoms with Crippen molar-refractivity contribution in [3.63, 3.8) is 0 Å². The van der Waals surface area contributed by atoms with E-state index in [0.717, 1.165) is 41.5 Å². The van der Waals surface area contributed by atoms with E-state index in [4.69, 9.17) is 16.3 Å². The molecule has 0 bridgehead atoms. The Labute approximate surface area is 126 Å². The lowest BCUT2D eigenvalue weighted by atomic mass is 9.89. The Bertz CT molecular complexity index is 466. The Morgan fingerprint density at radius 1 is 1.30 bits per heavy atom. The standard InChI is InChI=1S/C17H24ClNO/c1-3-6-19-17(13-8-11-7-12(11)9-13)15-5-4-14(20-2)10-16(15)18/h4-5,10-13,17,19H,3,6-9H2,1-2H3. The van der Waals surface area contributed by atoms with Crippen LogP contribution in [-0.4, -0.2) is 13.7 Å². The van der Waals surface area contributed by atoms with Crippen LogP contribution < -0.4 is 10.1 Å². The van der Waals surface area contributed by atoms with E-state index in [-0.39, 0.29) is 0 Å². The molecule has 0 spiro atoms. The normalized spacial score (nSPS) is 29.1. The lowest BCUT2D eigenvalue weighted by molar-refractivity contribution is 0.341. The van der Waals surface area contributed by atoms with Crippen LogP contribution >= 0.6 is 11.6 Å². The summed E-state index contributed by atoms with van der Waals surface area (Å²) in [6.45, 7) is 3.27. The van der Waals surface area contributed by atoms with E-state index in [1.807, 2.05) is 12.1 Å². The van der Waals surface area contributed by atoms with Crippen LogP contribution in [0.2, 0.25) is 5.02 Å². The van der Waals surface area contributed by atoms with Gasteiger partial charge >= 0.3 is 0 Å². The zero-order valence-corrected chi connectivity index (χ0v) is 13.1. The molecule has 0 radical (unpaired) electrons. The first-order chi connectivity index (χ1) is 9.72. The highest BCUT2D eigenvalue weighted by Gasteiger charge is 2.48. The fraction of sp³-hybridized carbons (Fsp3) is 0.647. The van der Waals surface area contributed by atoms with E-state index >= 15 is 0 Å². The van der Waals surface area contributed by atoms with Crippen LogP contribution in [0, 0.1) is 17.8 Å². The fourth-order valence-electron chi connectivity index (χ4n) is 3.75. The summed E-state index contributed by atoms with van der Waals surface area (Å²) in [7, 11) is 1.68. The molecule has 2 aliphatic rings. The van der Waals surface area contributed by atoms with E-state index in [1.54, 1.807) is 7.11 Å². The molecule has 0 aromatic heterocycles. The van der Waals surface area contributed by atoms with Gasteiger partial charge in [0.05, 0.1) is 7.11 Å². The summed E-state index contributed by atoms with van der Waals surface area (Å²) in [6, 6.07) is 6.50. The molecule has 3 heteroatoms. The summed E-state index contributed by atoms with van der Waals surface area (Å²) < 4.78 is 5.26. The Morgan fingerprint density at radius 3 is 2.65 bits per heavy atom. The maximum Gasteiger partial charge on any atom is 0.120 e. The third kappa shape index (κ3) is 2.82. The molecule has 1 N–H and O–H groups in total. The van der Waals surface area contributed by atoms with E-state index in [1.165, 1.54) is 24.8 Å². The molecule has 3 atom stereocenters. The largest absolute Gasteiger partial charge is 0.497 e. The minimum Gasteiger partial charge on any atom is -0.497 e. The van der Waals surface area contributed by atoms with Gasteiger partial charge in [0.15, 0.2) is 0 Å². The van der Waals surface area contributed by atoms with Crippen molar-refractivity contribution in [2.24, 2.45) is 17.8 Å². The molecule has 2 aliphatic carbocycles. The predicted molar refractivity (Wildman–Crippen MR) is 83.4 cm³/mol. The molecule has 2 nitrogen and oxygen atoms in total. The maximum absolute atomic E-state index is 6.49.